The molecule has 0 aromatic carbocycles. The summed E-state index contributed by atoms with van der Waals surface area (Å²) in [7, 11) is 1.58. The Morgan fingerprint density at radius 3 is 1.88 bits per heavy atom. The highest BCUT2D eigenvalue weighted by Gasteiger charge is 2.31. The van der Waals surface area contributed by atoms with Crippen molar-refractivity contribution in [2.45, 2.75) is 25.7 Å². The van der Waals surface area contributed by atoms with Gasteiger partial charge in [0.25, 0.3) is 5.91 Å². The van der Waals surface area contributed by atoms with Crippen LogP contribution in [0.3, 0.4) is 0 Å². The average Bonchev–Trinajstić information content (AvgIpc) is 2.89. The molecule has 7 nitrogen and oxygen atoms in total. The number of aromatic nitrogens is 4. The van der Waals surface area contributed by atoms with Gasteiger partial charge in [0.2, 0.25) is 5.88 Å². The van der Waals surface area contributed by atoms with Crippen molar-refractivity contribution in [2.24, 2.45) is 5.73 Å². The Hall–Kier alpha value is -4.13. The van der Waals surface area contributed by atoms with Gasteiger partial charge < -0.3 is 10.5 Å². The molecule has 33 heavy (non-hydrogen) atoms. The molecule has 4 heterocycles. The third-order valence-electron chi connectivity index (χ3n) is 5.03. The largest absolute Gasteiger partial charge is 0.481 e. The molecule has 168 valence electrons. The van der Waals surface area contributed by atoms with Gasteiger partial charge in [-0.1, -0.05) is 38.1 Å². The van der Waals surface area contributed by atoms with Crippen molar-refractivity contribution in [2.75, 3.05) is 7.11 Å². The summed E-state index contributed by atoms with van der Waals surface area (Å²) < 4.78 is 5.36. The first-order valence-electron chi connectivity index (χ1n) is 10.7. The Labute approximate surface area is 193 Å². The molecule has 1 atom stereocenters. The molecule has 1 amide bonds. The van der Waals surface area contributed by atoms with Crippen molar-refractivity contribution >= 4 is 5.91 Å². The molecule has 2 N–H and O–H groups in total. The van der Waals surface area contributed by atoms with Gasteiger partial charge in [-0.15, -0.1) is 0 Å². The maximum Gasteiger partial charge on any atom is 0.267 e. The van der Waals surface area contributed by atoms with E-state index in [1.807, 2.05) is 68.7 Å². The Bertz CT molecular complexity index is 1130. The minimum atomic E-state index is -0.585. The van der Waals surface area contributed by atoms with Crippen molar-refractivity contribution in [3.8, 4) is 5.88 Å². The first-order chi connectivity index (χ1) is 16.2. The lowest BCUT2D eigenvalue weighted by Crippen LogP contribution is -2.20. The number of rotatable bonds is 7. The van der Waals surface area contributed by atoms with Crippen LogP contribution in [0, 0.1) is 0 Å². The molecule has 4 aromatic heterocycles. The standard InChI is InChI=1S/C24H21N5O2.C2H6/c1-31-21-11-3-9-19(29-21)23(18-8-2-10-20(28-18)24(25)30)22(16-6-4-12-26-14-16)17-7-5-13-27-15-17;1-2/h2-15,22-23H,1H3,(H2,25,30);1-2H3. The van der Waals surface area contributed by atoms with E-state index in [0.717, 1.165) is 16.8 Å². The maximum atomic E-state index is 11.8. The molecule has 1 unspecified atom stereocenters. The first-order valence-corrected chi connectivity index (χ1v) is 10.7. The topological polar surface area (TPSA) is 104 Å². The number of nitrogens with two attached hydrogens (primary N) is 1. The summed E-state index contributed by atoms with van der Waals surface area (Å²) in [6, 6.07) is 18.6. The van der Waals surface area contributed by atoms with E-state index in [9.17, 15) is 4.79 Å². The second kappa shape index (κ2) is 11.5. The third kappa shape index (κ3) is 5.57. The van der Waals surface area contributed by atoms with Crippen molar-refractivity contribution < 1.29 is 9.53 Å². The van der Waals surface area contributed by atoms with Crippen LogP contribution in [0.5, 0.6) is 5.88 Å². The van der Waals surface area contributed by atoms with E-state index in [0.29, 0.717) is 11.6 Å². The van der Waals surface area contributed by atoms with Crippen molar-refractivity contribution in [1.82, 2.24) is 19.9 Å². The molecule has 0 aliphatic carbocycles. The fraction of sp³-hybridized carbons (Fsp3) is 0.192. The van der Waals surface area contributed by atoms with Gasteiger partial charge in [0.15, 0.2) is 0 Å². The zero-order valence-corrected chi connectivity index (χ0v) is 18.9. The summed E-state index contributed by atoms with van der Waals surface area (Å²) in [6.07, 6.45) is 7.11. The molecule has 0 spiro atoms. The fourth-order valence-corrected chi connectivity index (χ4v) is 3.67. The molecular weight excluding hydrogens is 414 g/mol. The Kier molecular flexibility index (Phi) is 8.18. The van der Waals surface area contributed by atoms with Crippen LogP contribution >= 0.6 is 0 Å². The zero-order valence-electron chi connectivity index (χ0n) is 18.9. The normalized spacial score (nSPS) is 11.3. The highest BCUT2D eigenvalue weighted by molar-refractivity contribution is 5.90. The number of ether oxygens (including phenoxy) is 1. The van der Waals surface area contributed by atoms with Crippen LogP contribution in [0.4, 0.5) is 0 Å². The van der Waals surface area contributed by atoms with Crippen molar-refractivity contribution in [1.29, 1.82) is 0 Å². The van der Waals surface area contributed by atoms with Crippen LogP contribution in [0.25, 0.3) is 0 Å². The minimum absolute atomic E-state index is 0.196. The fourth-order valence-electron chi connectivity index (χ4n) is 3.67. The minimum Gasteiger partial charge on any atom is -0.481 e. The average molecular weight is 442 g/mol. The van der Waals surface area contributed by atoms with Gasteiger partial charge >= 0.3 is 0 Å². The molecule has 7 heteroatoms. The van der Waals surface area contributed by atoms with Gasteiger partial charge in [-0.3, -0.25) is 14.8 Å². The lowest BCUT2D eigenvalue weighted by molar-refractivity contribution is 0.0995. The number of pyridine rings is 4. The molecule has 0 fully saturated rings. The van der Waals surface area contributed by atoms with E-state index in [-0.39, 0.29) is 17.5 Å². The number of hydrogen-bond acceptors (Lipinski definition) is 6. The van der Waals surface area contributed by atoms with Crippen LogP contribution in [0.15, 0.2) is 85.5 Å². The van der Waals surface area contributed by atoms with Gasteiger partial charge in [0.1, 0.15) is 5.69 Å². The monoisotopic (exact) mass is 441 g/mol. The lowest BCUT2D eigenvalue weighted by atomic mass is 9.78. The summed E-state index contributed by atoms with van der Waals surface area (Å²) in [5, 5.41) is 0. The molecule has 4 aromatic rings. The lowest BCUT2D eigenvalue weighted by Gasteiger charge is -2.27. The molecule has 0 aliphatic heterocycles. The van der Waals surface area contributed by atoms with Gasteiger partial charge in [0, 0.05) is 36.8 Å². The van der Waals surface area contributed by atoms with Gasteiger partial charge in [-0.2, -0.15) is 0 Å². The Morgan fingerprint density at radius 1 is 0.788 bits per heavy atom. The van der Waals surface area contributed by atoms with E-state index < -0.39 is 5.91 Å². The number of hydrogen-bond donors (Lipinski definition) is 1. The summed E-state index contributed by atoms with van der Waals surface area (Å²) in [5.74, 6) is -0.649. The van der Waals surface area contributed by atoms with Crippen LogP contribution < -0.4 is 10.5 Å². The molecule has 0 saturated carbocycles. The van der Waals surface area contributed by atoms with E-state index in [1.54, 1.807) is 37.7 Å². The molecule has 4 rings (SSSR count). The van der Waals surface area contributed by atoms with Gasteiger partial charge in [0.05, 0.1) is 24.4 Å². The smallest absolute Gasteiger partial charge is 0.267 e. The van der Waals surface area contributed by atoms with Crippen LogP contribution in [-0.4, -0.2) is 33.0 Å². The van der Waals surface area contributed by atoms with Gasteiger partial charge in [-0.05, 0) is 41.5 Å². The molecule has 0 bridgehead atoms. The highest BCUT2D eigenvalue weighted by atomic mass is 16.5. The van der Waals surface area contributed by atoms with Crippen LogP contribution in [0.1, 0.15) is 58.7 Å². The summed E-state index contributed by atoms with van der Waals surface area (Å²) in [5.41, 5.74) is 9.05. The maximum absolute atomic E-state index is 11.8. The van der Waals surface area contributed by atoms with Crippen molar-refractivity contribution in [3.63, 3.8) is 0 Å². The van der Waals surface area contributed by atoms with Crippen LogP contribution in [-0.2, 0) is 0 Å². The molecule has 0 aliphatic rings. The van der Waals surface area contributed by atoms with E-state index in [4.69, 9.17) is 15.5 Å². The molecular formula is C26H27N5O2. The van der Waals surface area contributed by atoms with E-state index >= 15 is 0 Å². The van der Waals surface area contributed by atoms with Crippen molar-refractivity contribution in [3.05, 3.63) is 114 Å². The number of amides is 1. The summed E-state index contributed by atoms with van der Waals surface area (Å²) in [6.45, 7) is 4.00. The predicted octanol–water partition coefficient (Wildman–Crippen LogP) is 4.36. The Morgan fingerprint density at radius 2 is 1.36 bits per heavy atom. The number of nitrogens with zero attached hydrogens (tertiary/aromatic N) is 4. The second-order valence-corrected chi connectivity index (χ2v) is 6.94. The summed E-state index contributed by atoms with van der Waals surface area (Å²) >= 11 is 0. The number of carbonyl (C=O) groups is 1. The zero-order chi connectivity index (χ0) is 23.6. The predicted molar refractivity (Wildman–Crippen MR) is 127 cm³/mol. The highest BCUT2D eigenvalue weighted by Crippen LogP contribution is 2.41. The van der Waals surface area contributed by atoms with E-state index in [2.05, 4.69) is 15.0 Å². The quantitative estimate of drug-likeness (QED) is 0.457. The van der Waals surface area contributed by atoms with Crippen LogP contribution in [0.2, 0.25) is 0 Å². The third-order valence-corrected chi connectivity index (χ3v) is 5.03. The number of primary amides is 1. The SMILES string of the molecule is CC.COc1cccc(C(c2cccc(C(N)=O)n2)C(c2cccnc2)c2cccnc2)n1. The second-order valence-electron chi connectivity index (χ2n) is 6.94. The number of methoxy groups -OCH3 is 1. The molecule has 0 radical (unpaired) electrons. The summed E-state index contributed by atoms with van der Waals surface area (Å²) in [4.78, 5) is 29.7. The Balaban J connectivity index is 0.00000149. The number of carbonyl (C=O) groups excluding carboxylic acids is 1. The van der Waals surface area contributed by atoms with Gasteiger partial charge in [-0.25, -0.2) is 9.97 Å². The first kappa shape index (κ1) is 23.5. The van der Waals surface area contributed by atoms with E-state index in [1.165, 1.54) is 0 Å². The molecule has 0 saturated heterocycles.